The molecule has 1 aromatic carbocycles. The van der Waals surface area contributed by atoms with Gasteiger partial charge in [-0.15, -0.1) is 0 Å². The lowest BCUT2D eigenvalue weighted by molar-refractivity contribution is 0.0593. The molecule has 1 unspecified atom stereocenters. The molecule has 1 aliphatic heterocycles. The Bertz CT molecular complexity index is 392. The Morgan fingerprint density at radius 3 is 2.65 bits per heavy atom. The van der Waals surface area contributed by atoms with Gasteiger partial charge >= 0.3 is 0 Å². The molecule has 2 nitrogen and oxygen atoms in total. The van der Waals surface area contributed by atoms with Gasteiger partial charge in [0, 0.05) is 5.92 Å². The molecule has 0 radical (unpaired) electrons. The summed E-state index contributed by atoms with van der Waals surface area (Å²) in [7, 11) is 0. The number of fused-ring (bicyclic) bond motifs is 1. The Balaban J connectivity index is 1.90. The summed E-state index contributed by atoms with van der Waals surface area (Å²) in [5.74, 6) is 1.14. The number of nitrogens with one attached hydrogen (secondary N) is 1. The Morgan fingerprint density at radius 1 is 1.12 bits per heavy atom. The number of halogens is 1. The molecule has 1 aliphatic carbocycles. The van der Waals surface area contributed by atoms with Gasteiger partial charge in [0.2, 0.25) is 0 Å². The van der Waals surface area contributed by atoms with E-state index in [1.807, 2.05) is 12.1 Å². The lowest BCUT2D eigenvalue weighted by Crippen LogP contribution is -2.35. The molecule has 92 valence electrons. The zero-order valence-corrected chi connectivity index (χ0v) is 9.77. The van der Waals surface area contributed by atoms with E-state index in [-0.39, 0.29) is 17.8 Å². The van der Waals surface area contributed by atoms with Crippen LogP contribution in [0.3, 0.4) is 0 Å². The standard InChI is InChI=1S/C14H18FNO/c15-11-4-1-9(2-5-11)14-12-8-16-7-10(12)3-6-13(14)17/h1-2,4-5,10,12-14,16-17H,3,6-8H2/t10-,12+,13?,14-/m1/s1. The third-order valence-corrected chi connectivity index (χ3v) is 4.36. The van der Waals surface area contributed by atoms with Crippen LogP contribution < -0.4 is 5.32 Å². The molecule has 0 bridgehead atoms. The van der Waals surface area contributed by atoms with Crippen molar-refractivity contribution in [3.63, 3.8) is 0 Å². The highest BCUT2D eigenvalue weighted by molar-refractivity contribution is 5.24. The van der Waals surface area contributed by atoms with Crippen LogP contribution in [0.4, 0.5) is 4.39 Å². The highest BCUT2D eigenvalue weighted by atomic mass is 19.1. The maximum Gasteiger partial charge on any atom is 0.123 e. The lowest BCUT2D eigenvalue weighted by atomic mass is 9.69. The summed E-state index contributed by atoms with van der Waals surface area (Å²) in [5, 5.41) is 13.6. The Morgan fingerprint density at radius 2 is 1.88 bits per heavy atom. The van der Waals surface area contributed by atoms with Crippen molar-refractivity contribution in [2.24, 2.45) is 11.8 Å². The minimum atomic E-state index is -0.276. The minimum Gasteiger partial charge on any atom is -0.392 e. The number of aliphatic hydroxyl groups excluding tert-OH is 1. The molecule has 2 fully saturated rings. The molecule has 1 saturated heterocycles. The van der Waals surface area contributed by atoms with Crippen molar-refractivity contribution in [3.05, 3.63) is 35.6 Å². The van der Waals surface area contributed by atoms with Gasteiger partial charge in [0.15, 0.2) is 0 Å². The molecule has 1 saturated carbocycles. The number of hydrogen-bond acceptors (Lipinski definition) is 2. The fourth-order valence-electron chi connectivity index (χ4n) is 3.49. The monoisotopic (exact) mass is 235 g/mol. The van der Waals surface area contributed by atoms with Crippen LogP contribution in [0.25, 0.3) is 0 Å². The van der Waals surface area contributed by atoms with Crippen molar-refractivity contribution < 1.29 is 9.50 Å². The summed E-state index contributed by atoms with van der Waals surface area (Å²) >= 11 is 0. The Hall–Kier alpha value is -0.930. The average molecular weight is 235 g/mol. The third-order valence-electron chi connectivity index (χ3n) is 4.36. The summed E-state index contributed by atoms with van der Waals surface area (Å²) in [6.45, 7) is 2.04. The topological polar surface area (TPSA) is 32.3 Å². The smallest absolute Gasteiger partial charge is 0.123 e. The van der Waals surface area contributed by atoms with Crippen LogP contribution in [0, 0.1) is 17.7 Å². The van der Waals surface area contributed by atoms with E-state index < -0.39 is 0 Å². The van der Waals surface area contributed by atoms with Gasteiger partial charge in [-0.3, -0.25) is 0 Å². The van der Waals surface area contributed by atoms with Gasteiger partial charge in [0.25, 0.3) is 0 Å². The lowest BCUT2D eigenvalue weighted by Gasteiger charge is -2.37. The van der Waals surface area contributed by atoms with E-state index in [1.165, 1.54) is 12.1 Å². The predicted octanol–water partition coefficient (Wildman–Crippen LogP) is 1.90. The minimum absolute atomic E-state index is 0.171. The molecule has 2 N–H and O–H groups in total. The number of benzene rings is 1. The zero-order chi connectivity index (χ0) is 11.8. The van der Waals surface area contributed by atoms with Gasteiger partial charge in [-0.05, 0) is 55.5 Å². The number of hydrogen-bond donors (Lipinski definition) is 2. The van der Waals surface area contributed by atoms with Crippen molar-refractivity contribution in [2.75, 3.05) is 13.1 Å². The fourth-order valence-corrected chi connectivity index (χ4v) is 3.49. The van der Waals surface area contributed by atoms with E-state index in [9.17, 15) is 9.50 Å². The molecule has 1 aromatic rings. The molecule has 0 spiro atoms. The van der Waals surface area contributed by atoms with E-state index in [0.717, 1.165) is 31.5 Å². The number of aliphatic hydroxyl groups is 1. The van der Waals surface area contributed by atoms with Crippen LogP contribution in [0.1, 0.15) is 24.3 Å². The molecule has 4 atom stereocenters. The highest BCUT2D eigenvalue weighted by Gasteiger charge is 2.41. The highest BCUT2D eigenvalue weighted by Crippen LogP contribution is 2.43. The molecule has 17 heavy (non-hydrogen) atoms. The van der Waals surface area contributed by atoms with Crippen molar-refractivity contribution >= 4 is 0 Å². The van der Waals surface area contributed by atoms with Gasteiger partial charge in [0.05, 0.1) is 6.10 Å². The van der Waals surface area contributed by atoms with Gasteiger partial charge in [0.1, 0.15) is 5.82 Å². The van der Waals surface area contributed by atoms with Gasteiger partial charge < -0.3 is 10.4 Å². The van der Waals surface area contributed by atoms with Crippen LogP contribution >= 0.6 is 0 Å². The normalized spacial score (nSPS) is 36.8. The van der Waals surface area contributed by atoms with Gasteiger partial charge in [-0.1, -0.05) is 12.1 Å². The van der Waals surface area contributed by atoms with Gasteiger partial charge in [-0.25, -0.2) is 4.39 Å². The van der Waals surface area contributed by atoms with E-state index in [4.69, 9.17) is 0 Å². The van der Waals surface area contributed by atoms with Crippen LogP contribution in [0.5, 0.6) is 0 Å². The second-order valence-corrected chi connectivity index (χ2v) is 5.30. The first-order chi connectivity index (χ1) is 8.25. The van der Waals surface area contributed by atoms with E-state index in [2.05, 4.69) is 5.32 Å². The van der Waals surface area contributed by atoms with Crippen LogP contribution in [0.15, 0.2) is 24.3 Å². The summed E-state index contributed by atoms with van der Waals surface area (Å²) in [6, 6.07) is 6.63. The maximum absolute atomic E-state index is 12.9. The first-order valence-electron chi connectivity index (χ1n) is 6.40. The van der Waals surface area contributed by atoms with Crippen LogP contribution in [0.2, 0.25) is 0 Å². The van der Waals surface area contributed by atoms with Crippen LogP contribution in [-0.4, -0.2) is 24.3 Å². The zero-order valence-electron chi connectivity index (χ0n) is 9.77. The quantitative estimate of drug-likeness (QED) is 0.779. The second-order valence-electron chi connectivity index (χ2n) is 5.30. The summed E-state index contributed by atoms with van der Waals surface area (Å²) < 4.78 is 12.9. The SMILES string of the molecule is OC1CC[C@@H]2CNC[C@@H]2[C@H]1c1ccc(F)cc1. The third kappa shape index (κ3) is 1.98. The maximum atomic E-state index is 12.9. The van der Waals surface area contributed by atoms with Crippen molar-refractivity contribution in [1.82, 2.24) is 5.32 Å². The molecule has 0 amide bonds. The summed E-state index contributed by atoms with van der Waals surface area (Å²) in [5.41, 5.74) is 1.08. The molecule has 0 aromatic heterocycles. The molecule has 3 heteroatoms. The Kier molecular flexibility index (Phi) is 2.89. The predicted molar refractivity (Wildman–Crippen MR) is 64.2 cm³/mol. The average Bonchev–Trinajstić information content (AvgIpc) is 2.79. The van der Waals surface area contributed by atoms with Crippen LogP contribution in [-0.2, 0) is 0 Å². The number of rotatable bonds is 1. The van der Waals surface area contributed by atoms with Crippen molar-refractivity contribution in [1.29, 1.82) is 0 Å². The fraction of sp³-hybridized carbons (Fsp3) is 0.571. The molecular formula is C14H18FNO. The Labute approximate surface area is 101 Å². The molecule has 1 heterocycles. The van der Waals surface area contributed by atoms with E-state index in [1.54, 1.807) is 0 Å². The second kappa shape index (κ2) is 4.39. The summed E-state index contributed by atoms with van der Waals surface area (Å²) in [4.78, 5) is 0. The summed E-state index contributed by atoms with van der Waals surface area (Å²) in [6.07, 6.45) is 1.70. The van der Waals surface area contributed by atoms with Crippen molar-refractivity contribution in [2.45, 2.75) is 24.9 Å². The molecule has 3 rings (SSSR count). The molecule has 2 aliphatic rings. The van der Waals surface area contributed by atoms with E-state index >= 15 is 0 Å². The first-order valence-corrected chi connectivity index (χ1v) is 6.40. The molecular weight excluding hydrogens is 217 g/mol. The first kappa shape index (κ1) is 11.2. The van der Waals surface area contributed by atoms with Gasteiger partial charge in [-0.2, -0.15) is 0 Å². The largest absolute Gasteiger partial charge is 0.392 e. The van der Waals surface area contributed by atoms with Crippen molar-refractivity contribution in [3.8, 4) is 0 Å². The van der Waals surface area contributed by atoms with E-state index in [0.29, 0.717) is 11.8 Å².